The van der Waals surface area contributed by atoms with Gasteiger partial charge >= 0.3 is 7.25 Å². The van der Waals surface area contributed by atoms with Crippen molar-refractivity contribution in [3.8, 4) is 0 Å². The van der Waals surface area contributed by atoms with Crippen LogP contribution in [0.5, 0.6) is 0 Å². The molecule has 1 aromatic heterocycles. The maximum Gasteiger partial charge on any atom is 0.673 e. The second-order valence-corrected chi connectivity index (χ2v) is 4.13. The number of nitrogens with zero attached hydrogens (tertiary/aromatic N) is 1. The molecule has 1 rings (SSSR count). The zero-order valence-corrected chi connectivity index (χ0v) is 11.3. The number of H-pyrrole nitrogens is 1. The van der Waals surface area contributed by atoms with Crippen molar-refractivity contribution in [3.05, 3.63) is 18.2 Å². The minimum absolute atomic E-state index is 0.690. The Morgan fingerprint density at radius 1 is 1.21 bits per heavy atom. The molecular formula is C11H21BF4N2O. The van der Waals surface area contributed by atoms with Gasteiger partial charge in [-0.3, -0.25) is 0 Å². The number of nitrogens with one attached hydrogen (secondary N) is 1. The van der Waals surface area contributed by atoms with Crippen LogP contribution in [-0.4, -0.2) is 18.8 Å². The second kappa shape index (κ2) is 9.83. The quantitative estimate of drug-likeness (QED) is 0.354. The monoisotopic (exact) mass is 284 g/mol. The normalized spacial score (nSPS) is 11.1. The molecule has 0 atom stereocenters. The van der Waals surface area contributed by atoms with E-state index >= 15 is 0 Å². The first-order valence-corrected chi connectivity index (χ1v) is 6.31. The molecule has 0 saturated heterocycles. The molecule has 0 aliphatic heterocycles. The van der Waals surface area contributed by atoms with Crippen molar-refractivity contribution in [3.63, 3.8) is 0 Å². The van der Waals surface area contributed by atoms with Gasteiger partial charge in [-0.25, -0.2) is 9.55 Å². The highest BCUT2D eigenvalue weighted by atomic mass is 19.5. The molecule has 0 aromatic carbocycles. The van der Waals surface area contributed by atoms with Crippen LogP contribution in [0.2, 0.25) is 0 Å². The van der Waals surface area contributed by atoms with E-state index in [9.17, 15) is 17.3 Å². The van der Waals surface area contributed by atoms with Crippen molar-refractivity contribution in [2.24, 2.45) is 7.05 Å². The fourth-order valence-electron chi connectivity index (χ4n) is 1.38. The molecule has 0 unspecified atom stereocenters. The summed E-state index contributed by atoms with van der Waals surface area (Å²) in [4.78, 5) is 3.15. The SMILES string of the molecule is CCCCCCOCc1[nH]cc[n+]1C.F[B-](F)(F)F. The highest BCUT2D eigenvalue weighted by molar-refractivity contribution is 6.50. The summed E-state index contributed by atoms with van der Waals surface area (Å²) in [6.45, 7) is 3.79. The van der Waals surface area contributed by atoms with E-state index in [2.05, 4.69) is 11.9 Å². The number of imidazole rings is 1. The third kappa shape index (κ3) is 13.2. The van der Waals surface area contributed by atoms with Crippen molar-refractivity contribution in [2.45, 2.75) is 39.2 Å². The third-order valence-electron chi connectivity index (χ3n) is 2.35. The van der Waals surface area contributed by atoms with Crippen LogP contribution >= 0.6 is 0 Å². The summed E-state index contributed by atoms with van der Waals surface area (Å²) in [5, 5.41) is 0. The highest BCUT2D eigenvalue weighted by Crippen LogP contribution is 2.06. The fourth-order valence-corrected chi connectivity index (χ4v) is 1.38. The Morgan fingerprint density at radius 2 is 1.84 bits per heavy atom. The Labute approximate surface area is 111 Å². The summed E-state index contributed by atoms with van der Waals surface area (Å²) in [5.41, 5.74) is 0. The number of halogens is 4. The van der Waals surface area contributed by atoms with Crippen LogP contribution < -0.4 is 4.57 Å². The lowest BCUT2D eigenvalue weighted by molar-refractivity contribution is -0.680. The number of hydrogen-bond acceptors (Lipinski definition) is 1. The molecule has 0 aliphatic carbocycles. The van der Waals surface area contributed by atoms with Gasteiger partial charge in [0.2, 0.25) is 0 Å². The van der Waals surface area contributed by atoms with Gasteiger partial charge in [-0.2, -0.15) is 0 Å². The van der Waals surface area contributed by atoms with Crippen molar-refractivity contribution >= 4 is 7.25 Å². The predicted molar refractivity (Wildman–Crippen MR) is 66.0 cm³/mol. The largest absolute Gasteiger partial charge is 0.673 e. The lowest BCUT2D eigenvalue weighted by atomic mass is 10.2. The number of rotatable bonds is 7. The lowest BCUT2D eigenvalue weighted by Gasteiger charge is -2.00. The van der Waals surface area contributed by atoms with Gasteiger partial charge in [0.15, 0.2) is 0 Å². The molecule has 0 saturated carbocycles. The van der Waals surface area contributed by atoms with Crippen molar-refractivity contribution in [2.75, 3.05) is 6.61 Å². The first-order valence-electron chi connectivity index (χ1n) is 6.31. The number of aromatic amines is 1. The third-order valence-corrected chi connectivity index (χ3v) is 2.35. The second-order valence-electron chi connectivity index (χ2n) is 4.13. The van der Waals surface area contributed by atoms with Crippen LogP contribution in [-0.2, 0) is 18.4 Å². The van der Waals surface area contributed by atoms with E-state index in [1.54, 1.807) is 0 Å². The Balaban J connectivity index is 0.000000555. The molecule has 0 amide bonds. The van der Waals surface area contributed by atoms with Gasteiger partial charge in [-0.1, -0.05) is 26.2 Å². The van der Waals surface area contributed by atoms with E-state index in [0.717, 1.165) is 12.4 Å². The van der Waals surface area contributed by atoms with E-state index in [-0.39, 0.29) is 0 Å². The maximum atomic E-state index is 9.75. The van der Waals surface area contributed by atoms with Crippen LogP contribution in [0, 0.1) is 0 Å². The van der Waals surface area contributed by atoms with E-state index in [0.29, 0.717) is 6.61 Å². The predicted octanol–water partition coefficient (Wildman–Crippen LogP) is 3.24. The van der Waals surface area contributed by atoms with Crippen LogP contribution in [0.4, 0.5) is 17.3 Å². The highest BCUT2D eigenvalue weighted by Gasteiger charge is 2.20. The van der Waals surface area contributed by atoms with Gasteiger partial charge in [0, 0.05) is 6.61 Å². The zero-order valence-electron chi connectivity index (χ0n) is 11.3. The molecule has 0 bridgehead atoms. The number of aryl methyl sites for hydroxylation is 1. The van der Waals surface area contributed by atoms with Crippen LogP contribution in [0.3, 0.4) is 0 Å². The van der Waals surface area contributed by atoms with E-state index < -0.39 is 7.25 Å². The van der Waals surface area contributed by atoms with Gasteiger partial charge in [0.1, 0.15) is 19.0 Å². The fraction of sp³-hybridized carbons (Fsp3) is 0.727. The lowest BCUT2D eigenvalue weighted by Crippen LogP contribution is -2.30. The molecule has 1 aromatic rings. The molecule has 0 fully saturated rings. The molecule has 0 aliphatic rings. The standard InChI is InChI=1S/C11H20N2O.BF4/c1-3-4-5-6-9-14-10-11-12-7-8-13(11)2;2-1(3,4)5/h7-8H,3-6,9-10H2,1-2H3;/q;-1/p+1. The summed E-state index contributed by atoms with van der Waals surface area (Å²) in [5.74, 6) is 1.13. The van der Waals surface area contributed by atoms with Gasteiger partial charge < -0.3 is 22.0 Å². The molecule has 8 heteroatoms. The first kappa shape index (κ1) is 18.0. The Kier molecular flexibility index (Phi) is 9.29. The number of hydrogen-bond donors (Lipinski definition) is 1. The van der Waals surface area contributed by atoms with Crippen LogP contribution in [0.15, 0.2) is 12.4 Å². The van der Waals surface area contributed by atoms with Crippen LogP contribution in [0.1, 0.15) is 38.4 Å². The van der Waals surface area contributed by atoms with E-state index in [4.69, 9.17) is 4.74 Å². The van der Waals surface area contributed by atoms with Gasteiger partial charge in [0.25, 0.3) is 5.82 Å². The zero-order chi connectivity index (χ0) is 14.7. The first-order chi connectivity index (χ1) is 8.84. The average Bonchev–Trinajstić information content (AvgIpc) is 2.67. The summed E-state index contributed by atoms with van der Waals surface area (Å²) >= 11 is 0. The Morgan fingerprint density at radius 3 is 2.32 bits per heavy atom. The Hall–Kier alpha value is -1.05. The molecule has 3 nitrogen and oxygen atoms in total. The van der Waals surface area contributed by atoms with Gasteiger partial charge in [-0.15, -0.1) is 0 Å². The molecule has 1 N–H and O–H groups in total. The van der Waals surface area contributed by atoms with Crippen molar-refractivity contribution < 1.29 is 26.6 Å². The van der Waals surface area contributed by atoms with Gasteiger partial charge in [-0.05, 0) is 6.42 Å². The van der Waals surface area contributed by atoms with E-state index in [1.165, 1.54) is 25.7 Å². The minimum Gasteiger partial charge on any atom is -0.418 e. The van der Waals surface area contributed by atoms with Crippen molar-refractivity contribution in [1.82, 2.24) is 4.98 Å². The molecule has 112 valence electrons. The van der Waals surface area contributed by atoms with Crippen LogP contribution in [0.25, 0.3) is 0 Å². The number of unbranched alkanes of at least 4 members (excludes halogenated alkanes) is 3. The summed E-state index contributed by atoms with van der Waals surface area (Å²) in [7, 11) is -3.98. The smallest absolute Gasteiger partial charge is 0.418 e. The summed E-state index contributed by atoms with van der Waals surface area (Å²) in [6.07, 6.45) is 8.99. The molecule has 19 heavy (non-hydrogen) atoms. The minimum atomic E-state index is -6.00. The Bertz CT molecular complexity index is 325. The topological polar surface area (TPSA) is 28.9 Å². The average molecular weight is 284 g/mol. The molecule has 1 heterocycles. The molecule has 0 spiro atoms. The van der Waals surface area contributed by atoms with Crippen molar-refractivity contribution in [1.29, 1.82) is 0 Å². The molecular weight excluding hydrogens is 263 g/mol. The van der Waals surface area contributed by atoms with Gasteiger partial charge in [0.05, 0.1) is 7.05 Å². The summed E-state index contributed by atoms with van der Waals surface area (Å²) in [6, 6.07) is 0. The number of ether oxygens (including phenoxy) is 1. The molecule has 0 radical (unpaired) electrons. The summed E-state index contributed by atoms with van der Waals surface area (Å²) < 4.78 is 46.6. The number of aromatic nitrogens is 2. The maximum absolute atomic E-state index is 9.75. The van der Waals surface area contributed by atoms with E-state index in [1.807, 2.05) is 24.0 Å².